The molecule has 218 valence electrons. The fourth-order valence-corrected chi connectivity index (χ4v) is 9.04. The Kier molecular flexibility index (Phi) is 8.72. The van der Waals surface area contributed by atoms with E-state index in [1.54, 1.807) is 25.9 Å². The first-order valence-corrected chi connectivity index (χ1v) is 15.3. The zero-order valence-corrected chi connectivity index (χ0v) is 24.8. The van der Waals surface area contributed by atoms with Gasteiger partial charge in [0.25, 0.3) is 5.91 Å². The first-order chi connectivity index (χ1) is 18.4. The van der Waals surface area contributed by atoms with Crippen molar-refractivity contribution in [2.45, 2.75) is 75.0 Å². The number of amides is 1. The predicted octanol–water partition coefficient (Wildman–Crippen LogP) is 3.77. The van der Waals surface area contributed by atoms with E-state index in [2.05, 4.69) is 22.6 Å². The van der Waals surface area contributed by atoms with Gasteiger partial charge in [0, 0.05) is 31.6 Å². The van der Waals surface area contributed by atoms with E-state index in [-0.39, 0.29) is 30.7 Å². The van der Waals surface area contributed by atoms with Gasteiger partial charge in [-0.25, -0.2) is 0 Å². The van der Waals surface area contributed by atoms with E-state index in [1.807, 2.05) is 6.07 Å². The third kappa shape index (κ3) is 4.66. The number of likely N-dealkylation sites (N-methyl/N-ethyl adjacent to an activating group) is 1. The van der Waals surface area contributed by atoms with Gasteiger partial charge in [0.15, 0.2) is 11.4 Å². The summed E-state index contributed by atoms with van der Waals surface area (Å²) in [6, 6.07) is 0.832. The molecule has 2 saturated carbocycles. The van der Waals surface area contributed by atoms with Crippen LogP contribution in [0.2, 0.25) is 0 Å². The third-order valence-electron chi connectivity index (χ3n) is 8.77. The molecule has 0 heterocycles. The number of nitrogens with zero attached hydrogens (tertiary/aromatic N) is 1. The first-order valence-electron chi connectivity index (χ1n) is 13.2. The number of nitrogens with two attached hydrogens (primary N) is 1. The molecule has 4 aliphatic carbocycles. The SMILES string of the molecule is C.CN(C)C1C(=O)C(C(N)=O)=C(O)[C@@]2(O)C(=O)C3=C(O)c4c(O)c(CSC5CCCCC5)cc(I)c4C[C@H]3C[C@@H]12. The summed E-state index contributed by atoms with van der Waals surface area (Å²) in [6.07, 6.45) is 6.31. The summed E-state index contributed by atoms with van der Waals surface area (Å²) in [5, 5.41) is 46.0. The van der Waals surface area contributed by atoms with E-state index in [9.17, 15) is 34.8 Å². The number of aliphatic hydroxyl groups excluding tert-OH is 2. The lowest BCUT2D eigenvalue weighted by molar-refractivity contribution is -0.153. The fraction of sp³-hybridized carbons (Fsp3) is 0.552. The minimum Gasteiger partial charge on any atom is -0.508 e. The quantitative estimate of drug-likeness (QED) is 0.230. The number of aromatic hydroxyl groups is 1. The molecule has 5 rings (SSSR count). The van der Waals surface area contributed by atoms with Crippen LogP contribution in [-0.2, 0) is 26.6 Å². The van der Waals surface area contributed by atoms with Crippen molar-refractivity contribution >= 4 is 57.6 Å². The lowest BCUT2D eigenvalue weighted by atomic mass is 9.57. The normalized spacial score (nSPS) is 28.7. The largest absolute Gasteiger partial charge is 0.508 e. The number of rotatable bonds is 5. The molecule has 0 radical (unpaired) electrons. The number of benzene rings is 1. The number of primary amides is 1. The van der Waals surface area contributed by atoms with Crippen LogP contribution in [0.4, 0.5) is 0 Å². The van der Waals surface area contributed by atoms with Crippen molar-refractivity contribution < 1.29 is 34.8 Å². The molecule has 11 heteroatoms. The van der Waals surface area contributed by atoms with Gasteiger partial charge in [0.2, 0.25) is 5.78 Å². The fourth-order valence-electron chi connectivity index (χ4n) is 6.87. The molecule has 0 spiro atoms. The topological polar surface area (TPSA) is 161 Å². The second-order valence-electron chi connectivity index (χ2n) is 11.3. The molecule has 1 aromatic rings. The summed E-state index contributed by atoms with van der Waals surface area (Å²) in [7, 11) is 3.17. The summed E-state index contributed by atoms with van der Waals surface area (Å²) in [6.45, 7) is 0. The van der Waals surface area contributed by atoms with Gasteiger partial charge in [0.1, 0.15) is 22.8 Å². The Morgan fingerprint density at radius 1 is 1.18 bits per heavy atom. The number of halogens is 1. The molecule has 4 aliphatic rings. The van der Waals surface area contributed by atoms with E-state index in [4.69, 9.17) is 5.73 Å². The van der Waals surface area contributed by atoms with Crippen molar-refractivity contribution in [2.75, 3.05) is 14.1 Å². The summed E-state index contributed by atoms with van der Waals surface area (Å²) in [5.74, 6) is -5.68. The minimum absolute atomic E-state index is 0. The van der Waals surface area contributed by atoms with Crippen molar-refractivity contribution in [1.82, 2.24) is 4.90 Å². The number of fused-ring (bicyclic) bond motifs is 3. The van der Waals surface area contributed by atoms with Gasteiger partial charge in [-0.15, -0.1) is 0 Å². The molecule has 2 fully saturated rings. The summed E-state index contributed by atoms with van der Waals surface area (Å²) in [4.78, 5) is 40.8. The lowest BCUT2D eigenvalue weighted by Gasteiger charge is -2.50. The maximum atomic E-state index is 14.0. The molecule has 1 aromatic carbocycles. The van der Waals surface area contributed by atoms with Crippen LogP contribution in [-0.4, -0.2) is 73.8 Å². The van der Waals surface area contributed by atoms with E-state index in [0.717, 1.165) is 16.4 Å². The molecule has 9 nitrogen and oxygen atoms in total. The molecule has 0 saturated heterocycles. The van der Waals surface area contributed by atoms with Crippen LogP contribution in [0.1, 0.15) is 62.6 Å². The van der Waals surface area contributed by atoms with E-state index >= 15 is 0 Å². The average molecular weight is 685 g/mol. The van der Waals surface area contributed by atoms with Crippen LogP contribution in [0.15, 0.2) is 23.0 Å². The summed E-state index contributed by atoms with van der Waals surface area (Å²) in [5.41, 5.74) is 3.35. The highest BCUT2D eigenvalue weighted by molar-refractivity contribution is 14.1. The van der Waals surface area contributed by atoms with E-state index in [0.29, 0.717) is 28.6 Å². The number of hydrogen-bond donors (Lipinski definition) is 5. The second kappa shape index (κ2) is 11.3. The number of phenolic OH excluding ortho intramolecular Hbond substituents is 1. The minimum atomic E-state index is -2.62. The average Bonchev–Trinajstić information content (AvgIpc) is 2.87. The lowest BCUT2D eigenvalue weighted by Crippen LogP contribution is -2.65. The van der Waals surface area contributed by atoms with E-state index < -0.39 is 58.0 Å². The first kappa shape index (κ1) is 30.9. The number of hydrogen-bond acceptors (Lipinski definition) is 9. The van der Waals surface area contributed by atoms with Gasteiger partial charge < -0.3 is 26.2 Å². The smallest absolute Gasteiger partial charge is 0.255 e. The molecule has 4 atom stereocenters. The van der Waals surface area contributed by atoms with Gasteiger partial charge in [-0.3, -0.25) is 19.3 Å². The molecule has 1 amide bonds. The van der Waals surface area contributed by atoms with Crippen molar-refractivity contribution in [3.05, 3.63) is 43.2 Å². The van der Waals surface area contributed by atoms with Crippen molar-refractivity contribution in [2.24, 2.45) is 17.6 Å². The molecule has 6 N–H and O–H groups in total. The number of ketones is 2. The van der Waals surface area contributed by atoms with Crippen LogP contribution in [0.25, 0.3) is 5.76 Å². The highest BCUT2D eigenvalue weighted by atomic mass is 127. The summed E-state index contributed by atoms with van der Waals surface area (Å²) >= 11 is 3.96. The Morgan fingerprint density at radius 3 is 2.42 bits per heavy atom. The van der Waals surface area contributed by atoms with Gasteiger partial charge >= 0.3 is 0 Å². The van der Waals surface area contributed by atoms with Gasteiger partial charge in [0.05, 0.1) is 11.6 Å². The molecule has 40 heavy (non-hydrogen) atoms. The Morgan fingerprint density at radius 2 is 1.82 bits per heavy atom. The summed E-state index contributed by atoms with van der Waals surface area (Å²) < 4.78 is 0.848. The van der Waals surface area contributed by atoms with Crippen LogP contribution < -0.4 is 5.73 Å². The van der Waals surface area contributed by atoms with Gasteiger partial charge in [-0.1, -0.05) is 26.7 Å². The number of thioether (sulfide) groups is 1. The number of carbonyl (C=O) groups is 3. The van der Waals surface area contributed by atoms with Crippen LogP contribution in [0.5, 0.6) is 5.75 Å². The Bertz CT molecular complexity index is 1330. The van der Waals surface area contributed by atoms with Gasteiger partial charge in [-0.2, -0.15) is 11.8 Å². The van der Waals surface area contributed by atoms with Crippen molar-refractivity contribution in [1.29, 1.82) is 0 Å². The number of phenols is 1. The number of aliphatic hydroxyl groups is 3. The molecule has 1 unspecified atom stereocenters. The monoisotopic (exact) mass is 684 g/mol. The number of Topliss-reactive ketones (excluding diaryl/α,β-unsaturated/α-hetero) is 2. The zero-order chi connectivity index (χ0) is 28.4. The zero-order valence-electron chi connectivity index (χ0n) is 21.9. The second-order valence-corrected chi connectivity index (χ2v) is 13.7. The van der Waals surface area contributed by atoms with Crippen LogP contribution >= 0.6 is 34.4 Å². The molecule has 0 aliphatic heterocycles. The van der Waals surface area contributed by atoms with Crippen LogP contribution in [0, 0.1) is 15.4 Å². The maximum Gasteiger partial charge on any atom is 0.255 e. The highest BCUT2D eigenvalue weighted by Crippen LogP contribution is 2.53. The third-order valence-corrected chi connectivity index (χ3v) is 11.2. The number of carbonyl (C=O) groups excluding carboxylic acids is 3. The Balaban J connectivity index is 0.00000370. The highest BCUT2D eigenvalue weighted by Gasteiger charge is 2.64. The Labute approximate surface area is 252 Å². The Hall–Kier alpha value is -2.09. The molecule has 0 bridgehead atoms. The standard InChI is InChI=1S/C28H33IN2O7S.CH4/c1-31(2)21-16-9-12-8-15-17(29)10-13(11-39-14-6-4-3-5-7-14)22(32)19(15)23(33)18(12)25(35)28(16,38)26(36)20(24(21)34)27(30)37;/h10,12,14,16,21,32-33,36,38H,3-9,11H2,1-2H3,(H2,30,37);1H4/t12-,16-,21?,28-;/m0./s1. The van der Waals surface area contributed by atoms with Crippen LogP contribution in [0.3, 0.4) is 0 Å². The van der Waals surface area contributed by atoms with Gasteiger partial charge in [-0.05, 0) is 79.9 Å². The van der Waals surface area contributed by atoms with Crippen molar-refractivity contribution in [3.63, 3.8) is 0 Å². The predicted molar refractivity (Wildman–Crippen MR) is 162 cm³/mol. The molecule has 0 aromatic heterocycles. The van der Waals surface area contributed by atoms with E-state index in [1.165, 1.54) is 24.2 Å². The molecular formula is C29H37IN2O7S. The maximum absolute atomic E-state index is 14.0. The van der Waals surface area contributed by atoms with Crippen molar-refractivity contribution in [3.8, 4) is 5.75 Å². The molecular weight excluding hydrogens is 647 g/mol.